The maximum atomic E-state index is 11.2. The summed E-state index contributed by atoms with van der Waals surface area (Å²) in [7, 11) is 0. The van der Waals surface area contributed by atoms with E-state index in [1.54, 1.807) is 0 Å². The van der Waals surface area contributed by atoms with Crippen LogP contribution in [0.5, 0.6) is 0 Å². The molecule has 0 aromatic heterocycles. The van der Waals surface area contributed by atoms with E-state index >= 15 is 0 Å². The average molecular weight is 354 g/mol. The third-order valence-electron chi connectivity index (χ3n) is 4.72. The van der Waals surface area contributed by atoms with Crippen LogP contribution in [0, 0.1) is 5.92 Å². The first-order chi connectivity index (χ1) is 9.39. The van der Waals surface area contributed by atoms with Crippen LogP contribution in [0.1, 0.15) is 46.1 Å². The van der Waals surface area contributed by atoms with Gasteiger partial charge in [0.2, 0.25) is 5.69 Å². The highest BCUT2D eigenvalue weighted by molar-refractivity contribution is 5.93. The number of fused-ring (bicyclic) bond motifs is 1. The SMILES string of the molecule is CCC(CC[N+]1=C(C)C(C)(C)c2ccccc21)C(=O)O.[Br-]. The minimum Gasteiger partial charge on any atom is -1.00 e. The second-order valence-corrected chi connectivity index (χ2v) is 6.11. The largest absolute Gasteiger partial charge is 1.00 e. The second kappa shape index (κ2) is 6.73. The van der Waals surface area contributed by atoms with Crippen molar-refractivity contribution in [1.29, 1.82) is 0 Å². The number of carbonyl (C=O) groups is 1. The summed E-state index contributed by atoms with van der Waals surface area (Å²) in [5.41, 5.74) is 3.90. The van der Waals surface area contributed by atoms with Gasteiger partial charge in [-0.05, 0) is 20.3 Å². The van der Waals surface area contributed by atoms with Crippen LogP contribution < -0.4 is 17.0 Å². The highest BCUT2D eigenvalue weighted by Crippen LogP contribution is 2.39. The summed E-state index contributed by atoms with van der Waals surface area (Å²) in [5, 5.41) is 9.19. The van der Waals surface area contributed by atoms with Crippen LogP contribution in [0.4, 0.5) is 5.69 Å². The highest BCUT2D eigenvalue weighted by Gasteiger charge is 2.42. The van der Waals surface area contributed by atoms with Gasteiger partial charge in [-0.3, -0.25) is 4.79 Å². The quantitative estimate of drug-likeness (QED) is 0.787. The van der Waals surface area contributed by atoms with Crippen molar-refractivity contribution in [3.05, 3.63) is 29.8 Å². The molecule has 2 rings (SSSR count). The van der Waals surface area contributed by atoms with Gasteiger partial charge in [0.1, 0.15) is 6.54 Å². The molecule has 0 bridgehead atoms. The second-order valence-electron chi connectivity index (χ2n) is 6.11. The van der Waals surface area contributed by atoms with Gasteiger partial charge in [0, 0.05) is 25.0 Å². The molecule has 0 radical (unpaired) electrons. The Kier molecular flexibility index (Phi) is 5.74. The van der Waals surface area contributed by atoms with Gasteiger partial charge in [-0.25, -0.2) is 0 Å². The number of nitrogens with zero attached hydrogens (tertiary/aromatic N) is 1. The summed E-state index contributed by atoms with van der Waals surface area (Å²) >= 11 is 0. The third kappa shape index (κ3) is 3.20. The molecule has 0 fully saturated rings. The van der Waals surface area contributed by atoms with Crippen molar-refractivity contribution in [1.82, 2.24) is 0 Å². The number of carboxylic acids is 1. The maximum Gasteiger partial charge on any atom is 0.306 e. The Morgan fingerprint density at radius 1 is 1.33 bits per heavy atom. The van der Waals surface area contributed by atoms with Crippen LogP contribution in [-0.2, 0) is 10.2 Å². The lowest BCUT2D eigenvalue weighted by atomic mass is 9.82. The predicted molar refractivity (Wildman–Crippen MR) is 81.0 cm³/mol. The molecular weight excluding hydrogens is 330 g/mol. The summed E-state index contributed by atoms with van der Waals surface area (Å²) < 4.78 is 2.29. The summed E-state index contributed by atoms with van der Waals surface area (Å²) in [6.45, 7) is 9.33. The minimum absolute atomic E-state index is 0. The van der Waals surface area contributed by atoms with Crippen molar-refractivity contribution in [3.8, 4) is 0 Å². The molecule has 4 heteroatoms. The molecule has 1 aromatic rings. The van der Waals surface area contributed by atoms with Gasteiger partial charge >= 0.3 is 5.97 Å². The van der Waals surface area contributed by atoms with Crippen LogP contribution in [0.3, 0.4) is 0 Å². The van der Waals surface area contributed by atoms with Crippen molar-refractivity contribution < 1.29 is 31.5 Å². The summed E-state index contributed by atoms with van der Waals surface area (Å²) in [6.07, 6.45) is 1.38. The lowest BCUT2D eigenvalue weighted by Crippen LogP contribution is -3.00. The van der Waals surface area contributed by atoms with Crippen LogP contribution in [0.2, 0.25) is 0 Å². The van der Waals surface area contributed by atoms with E-state index in [0.717, 1.165) is 6.54 Å². The fourth-order valence-corrected chi connectivity index (χ4v) is 3.03. The van der Waals surface area contributed by atoms with E-state index in [-0.39, 0.29) is 28.3 Å². The van der Waals surface area contributed by atoms with Gasteiger partial charge in [0.25, 0.3) is 0 Å². The monoisotopic (exact) mass is 353 g/mol. The van der Waals surface area contributed by atoms with Gasteiger partial charge in [-0.1, -0.05) is 25.1 Å². The lowest BCUT2D eigenvalue weighted by Gasteiger charge is -2.14. The van der Waals surface area contributed by atoms with E-state index < -0.39 is 5.97 Å². The molecule has 0 spiro atoms. The Balaban J connectivity index is 0.00000220. The molecule has 1 atom stereocenters. The molecule has 0 saturated carbocycles. The highest BCUT2D eigenvalue weighted by atomic mass is 79.9. The number of carboxylic acid groups (broad SMARTS) is 1. The molecule has 0 aliphatic carbocycles. The van der Waals surface area contributed by atoms with E-state index in [1.807, 2.05) is 6.92 Å². The van der Waals surface area contributed by atoms with Gasteiger partial charge in [0.05, 0.1) is 11.3 Å². The van der Waals surface area contributed by atoms with Gasteiger partial charge in [0.15, 0.2) is 5.71 Å². The molecule has 0 amide bonds. The number of rotatable bonds is 5. The van der Waals surface area contributed by atoms with Gasteiger partial charge in [-0.2, -0.15) is 4.58 Å². The van der Waals surface area contributed by atoms with E-state index in [1.165, 1.54) is 17.0 Å². The van der Waals surface area contributed by atoms with Gasteiger partial charge < -0.3 is 22.1 Å². The number of aliphatic carboxylic acids is 1. The zero-order valence-electron chi connectivity index (χ0n) is 13.2. The minimum atomic E-state index is -0.683. The molecule has 3 nitrogen and oxygen atoms in total. The van der Waals surface area contributed by atoms with Crippen LogP contribution in [0.25, 0.3) is 0 Å². The molecule has 0 saturated heterocycles. The third-order valence-corrected chi connectivity index (χ3v) is 4.72. The number of hydrogen-bond acceptors (Lipinski definition) is 1. The first-order valence-corrected chi connectivity index (χ1v) is 7.33. The molecule has 1 aliphatic heterocycles. The Labute approximate surface area is 137 Å². The van der Waals surface area contributed by atoms with E-state index in [9.17, 15) is 9.90 Å². The van der Waals surface area contributed by atoms with E-state index in [0.29, 0.717) is 12.8 Å². The van der Waals surface area contributed by atoms with Crippen molar-refractivity contribution in [3.63, 3.8) is 0 Å². The molecule has 116 valence electrons. The molecule has 1 aliphatic rings. The van der Waals surface area contributed by atoms with Crippen molar-refractivity contribution >= 4 is 17.4 Å². The topological polar surface area (TPSA) is 40.3 Å². The first kappa shape index (κ1) is 17.9. The summed E-state index contributed by atoms with van der Waals surface area (Å²) in [4.78, 5) is 11.2. The Morgan fingerprint density at radius 2 is 1.95 bits per heavy atom. The van der Waals surface area contributed by atoms with Crippen LogP contribution >= 0.6 is 0 Å². The van der Waals surface area contributed by atoms with Crippen LogP contribution in [-0.4, -0.2) is 27.9 Å². The molecule has 1 N–H and O–H groups in total. The first-order valence-electron chi connectivity index (χ1n) is 7.33. The molecule has 21 heavy (non-hydrogen) atoms. The standard InChI is InChI=1S/C17H23NO2.BrH/c1-5-13(16(19)20)10-11-18-12(2)17(3,4)14-8-6-7-9-15(14)18;/h6-9,13H,5,10-11H2,1-4H3;1H. The van der Waals surface area contributed by atoms with Gasteiger partial charge in [-0.15, -0.1) is 0 Å². The maximum absolute atomic E-state index is 11.2. The molecular formula is C17H24BrNO2. The van der Waals surface area contributed by atoms with Crippen molar-refractivity contribution in [2.24, 2.45) is 5.92 Å². The number of benzene rings is 1. The summed E-state index contributed by atoms with van der Waals surface area (Å²) in [5.74, 6) is -0.935. The Morgan fingerprint density at radius 3 is 2.52 bits per heavy atom. The van der Waals surface area contributed by atoms with Crippen molar-refractivity contribution in [2.45, 2.75) is 46.0 Å². The smallest absolute Gasteiger partial charge is 0.306 e. The normalized spacial score (nSPS) is 17.1. The van der Waals surface area contributed by atoms with E-state index in [2.05, 4.69) is 49.6 Å². The zero-order chi connectivity index (χ0) is 14.9. The molecule has 1 aromatic carbocycles. The lowest BCUT2D eigenvalue weighted by molar-refractivity contribution is -0.440. The predicted octanol–water partition coefficient (Wildman–Crippen LogP) is 0.588. The fourth-order valence-electron chi connectivity index (χ4n) is 3.03. The zero-order valence-corrected chi connectivity index (χ0v) is 14.8. The molecule has 1 heterocycles. The fraction of sp³-hybridized carbons (Fsp3) is 0.529. The van der Waals surface area contributed by atoms with E-state index in [4.69, 9.17) is 0 Å². The Bertz CT molecular complexity index is 564. The summed E-state index contributed by atoms with van der Waals surface area (Å²) in [6, 6.07) is 8.43. The molecule has 1 unspecified atom stereocenters. The number of para-hydroxylation sites is 1. The van der Waals surface area contributed by atoms with Crippen LogP contribution in [0.15, 0.2) is 24.3 Å². The number of halogens is 1. The Hall–Kier alpha value is -1.16. The number of hydrogen-bond donors (Lipinski definition) is 1. The van der Waals surface area contributed by atoms with Crippen molar-refractivity contribution in [2.75, 3.05) is 6.54 Å². The average Bonchev–Trinajstić information content (AvgIpc) is 2.60.